The topological polar surface area (TPSA) is 82.6 Å². The maximum Gasteiger partial charge on any atom is 0.252 e. The van der Waals surface area contributed by atoms with Gasteiger partial charge in [0.2, 0.25) is 5.95 Å². The van der Waals surface area contributed by atoms with Crippen LogP contribution in [0.4, 0.5) is 5.95 Å². The first-order valence-electron chi connectivity index (χ1n) is 9.98. The summed E-state index contributed by atoms with van der Waals surface area (Å²) in [6.07, 6.45) is 5.88. The predicted molar refractivity (Wildman–Crippen MR) is 120 cm³/mol. The number of allylic oxidation sites excluding steroid dienone is 2. The quantitative estimate of drug-likeness (QED) is 0.565. The Kier molecular flexibility index (Phi) is 6.30. The fourth-order valence-electron chi connectivity index (χ4n) is 3.74. The molecule has 4 rings (SSSR count). The van der Waals surface area contributed by atoms with E-state index in [0.29, 0.717) is 11.6 Å². The first-order valence-corrected chi connectivity index (χ1v) is 10.4. The van der Waals surface area contributed by atoms with E-state index in [0.717, 1.165) is 55.3 Å². The van der Waals surface area contributed by atoms with Crippen molar-refractivity contribution < 1.29 is 4.74 Å². The number of aryl methyl sites for hydroxylation is 1. The lowest BCUT2D eigenvalue weighted by atomic mass is 10.1. The number of hydrogen-bond donors (Lipinski definition) is 2. The molecule has 0 bridgehead atoms. The molecule has 2 N–H and O–H groups in total. The molecule has 1 fully saturated rings. The number of nitrogens with zero attached hydrogens (tertiary/aromatic N) is 3. The summed E-state index contributed by atoms with van der Waals surface area (Å²) < 4.78 is 5.54. The summed E-state index contributed by atoms with van der Waals surface area (Å²) in [6.45, 7) is 4.91. The van der Waals surface area contributed by atoms with Crippen molar-refractivity contribution in [2.75, 3.05) is 31.7 Å². The Hall–Kier alpha value is -2.90. The molecule has 0 atom stereocenters. The largest absolute Gasteiger partial charge is 0.378 e. The van der Waals surface area contributed by atoms with Crippen LogP contribution < -0.4 is 11.0 Å². The Morgan fingerprint density at radius 3 is 2.73 bits per heavy atom. The van der Waals surface area contributed by atoms with Gasteiger partial charge in [0.1, 0.15) is 0 Å². The van der Waals surface area contributed by atoms with E-state index in [9.17, 15) is 4.79 Å². The second-order valence-electron chi connectivity index (χ2n) is 7.30. The van der Waals surface area contributed by atoms with Crippen molar-refractivity contribution in [2.45, 2.75) is 19.8 Å². The summed E-state index contributed by atoms with van der Waals surface area (Å²) in [6, 6.07) is 9.31. The van der Waals surface area contributed by atoms with Gasteiger partial charge in [0.15, 0.2) is 0 Å². The second-order valence-corrected chi connectivity index (χ2v) is 7.74. The molecule has 2 aromatic rings. The zero-order valence-corrected chi connectivity index (χ0v) is 17.6. The van der Waals surface area contributed by atoms with Gasteiger partial charge >= 0.3 is 0 Å². The highest BCUT2D eigenvalue weighted by molar-refractivity contribution is 6.30. The minimum Gasteiger partial charge on any atom is -0.378 e. The van der Waals surface area contributed by atoms with Crippen molar-refractivity contribution in [3.8, 4) is 0 Å². The predicted octanol–water partition coefficient (Wildman–Crippen LogP) is 3.59. The summed E-state index contributed by atoms with van der Waals surface area (Å²) in [5, 5.41) is 5.07. The van der Waals surface area contributed by atoms with Gasteiger partial charge in [-0.15, -0.1) is 0 Å². The minimum atomic E-state index is -0.206. The highest BCUT2D eigenvalue weighted by Crippen LogP contribution is 2.35. The highest BCUT2D eigenvalue weighted by atomic mass is 35.5. The first-order chi connectivity index (χ1) is 14.6. The van der Waals surface area contributed by atoms with E-state index < -0.39 is 0 Å². The van der Waals surface area contributed by atoms with Crippen molar-refractivity contribution in [3.05, 3.63) is 73.8 Å². The number of halogens is 1. The number of rotatable bonds is 5. The lowest BCUT2D eigenvalue weighted by molar-refractivity contribution is 0.0548. The highest BCUT2D eigenvalue weighted by Gasteiger charge is 2.25. The van der Waals surface area contributed by atoms with Crippen LogP contribution in [0.3, 0.4) is 0 Å². The normalized spacial score (nSPS) is 18.6. The third kappa shape index (κ3) is 4.98. The van der Waals surface area contributed by atoms with Crippen molar-refractivity contribution in [1.29, 1.82) is 0 Å². The number of anilines is 1. The van der Waals surface area contributed by atoms with E-state index in [1.807, 2.05) is 30.5 Å². The number of benzene rings is 1. The van der Waals surface area contributed by atoms with Crippen molar-refractivity contribution in [3.63, 3.8) is 0 Å². The summed E-state index contributed by atoms with van der Waals surface area (Å²) in [4.78, 5) is 20.8. The zero-order valence-electron chi connectivity index (χ0n) is 16.8. The van der Waals surface area contributed by atoms with Crippen LogP contribution in [-0.2, 0) is 4.74 Å². The molecule has 2 aliphatic rings. The van der Waals surface area contributed by atoms with E-state index in [4.69, 9.17) is 16.3 Å². The number of hydrogen-bond acceptors (Lipinski definition) is 6. The number of morpholine rings is 1. The van der Waals surface area contributed by atoms with Gasteiger partial charge in [0, 0.05) is 35.6 Å². The van der Waals surface area contributed by atoms with Crippen LogP contribution in [0.15, 0.2) is 57.1 Å². The molecule has 7 nitrogen and oxygen atoms in total. The average molecular weight is 426 g/mol. The third-order valence-corrected chi connectivity index (χ3v) is 5.32. The Labute approximate surface area is 180 Å². The van der Waals surface area contributed by atoms with E-state index in [1.54, 1.807) is 6.92 Å². The maximum atomic E-state index is 11.6. The van der Waals surface area contributed by atoms with Gasteiger partial charge in [-0.1, -0.05) is 23.7 Å². The van der Waals surface area contributed by atoms with Crippen LogP contribution in [0.5, 0.6) is 0 Å². The van der Waals surface area contributed by atoms with E-state index in [-0.39, 0.29) is 5.56 Å². The van der Waals surface area contributed by atoms with Gasteiger partial charge in [-0.05, 0) is 54.7 Å². The fraction of sp³-hybridized carbons (Fsp3) is 0.318. The standard InChI is InChI=1S/C22H24ClN5O2/c1-15-12-20(29)26-22(25-15)27-24-14-18-5-4-17(13-16-2-6-19(23)7-3-16)21(18)28-8-10-30-11-9-28/h2-3,6-7,12-14H,4-5,8-11H2,1H3,(H2,25,26,27,29). The molecule has 0 amide bonds. The lowest BCUT2D eigenvalue weighted by Gasteiger charge is -2.31. The van der Waals surface area contributed by atoms with Crippen molar-refractivity contribution in [1.82, 2.24) is 14.9 Å². The molecule has 0 radical (unpaired) electrons. The maximum absolute atomic E-state index is 11.6. The number of ether oxygens (including phenoxy) is 1. The number of nitrogens with one attached hydrogen (secondary N) is 2. The Morgan fingerprint density at radius 2 is 2.00 bits per heavy atom. The SMILES string of the molecule is Cc1cc(=O)[nH]c(NN=CC2=C(N3CCOCC3)C(=Cc3ccc(Cl)cc3)CC2)n1. The first kappa shape index (κ1) is 20.4. The summed E-state index contributed by atoms with van der Waals surface area (Å²) in [5.41, 5.74) is 8.04. The number of H-pyrrole nitrogens is 1. The molecule has 156 valence electrons. The molecule has 2 heterocycles. The van der Waals surface area contributed by atoms with Crippen LogP contribution >= 0.6 is 11.6 Å². The molecule has 30 heavy (non-hydrogen) atoms. The molecule has 8 heteroatoms. The van der Waals surface area contributed by atoms with Gasteiger partial charge in [-0.3, -0.25) is 9.78 Å². The van der Waals surface area contributed by atoms with Crippen LogP contribution in [0.2, 0.25) is 5.02 Å². The summed E-state index contributed by atoms with van der Waals surface area (Å²) in [7, 11) is 0. The van der Waals surface area contributed by atoms with Crippen LogP contribution in [0, 0.1) is 6.92 Å². The van der Waals surface area contributed by atoms with Gasteiger partial charge in [0.25, 0.3) is 5.56 Å². The molecule has 0 unspecified atom stereocenters. The van der Waals surface area contributed by atoms with Gasteiger partial charge in [-0.25, -0.2) is 10.4 Å². The zero-order chi connectivity index (χ0) is 20.9. The molecule has 1 aliphatic carbocycles. The number of aromatic nitrogens is 2. The fourth-order valence-corrected chi connectivity index (χ4v) is 3.86. The Morgan fingerprint density at radius 1 is 1.23 bits per heavy atom. The van der Waals surface area contributed by atoms with Crippen LogP contribution in [0.25, 0.3) is 6.08 Å². The smallest absolute Gasteiger partial charge is 0.252 e. The molecule has 1 aromatic heterocycles. The van der Waals surface area contributed by atoms with Gasteiger partial charge in [-0.2, -0.15) is 5.10 Å². The average Bonchev–Trinajstić information content (AvgIpc) is 3.12. The van der Waals surface area contributed by atoms with Crippen LogP contribution in [0.1, 0.15) is 24.1 Å². The molecule has 1 saturated heterocycles. The van der Waals surface area contributed by atoms with E-state index in [2.05, 4.69) is 31.5 Å². The minimum absolute atomic E-state index is 0.206. The second kappa shape index (κ2) is 9.28. The Bertz CT molecular complexity index is 1050. The number of hydrazone groups is 1. The molecule has 1 aromatic carbocycles. The lowest BCUT2D eigenvalue weighted by Crippen LogP contribution is -2.36. The van der Waals surface area contributed by atoms with Crippen molar-refractivity contribution >= 4 is 29.8 Å². The Balaban J connectivity index is 1.61. The van der Waals surface area contributed by atoms with E-state index >= 15 is 0 Å². The summed E-state index contributed by atoms with van der Waals surface area (Å²) >= 11 is 6.03. The molecule has 0 spiro atoms. The number of aromatic amines is 1. The van der Waals surface area contributed by atoms with Crippen LogP contribution in [-0.4, -0.2) is 47.4 Å². The summed E-state index contributed by atoms with van der Waals surface area (Å²) in [5.74, 6) is 0.333. The van der Waals surface area contributed by atoms with Gasteiger partial charge in [0.05, 0.1) is 19.4 Å². The van der Waals surface area contributed by atoms with E-state index in [1.165, 1.54) is 17.3 Å². The molecular weight excluding hydrogens is 402 g/mol. The monoisotopic (exact) mass is 425 g/mol. The molecular formula is C22H24ClN5O2. The molecule has 0 saturated carbocycles. The molecule has 1 aliphatic heterocycles. The third-order valence-electron chi connectivity index (χ3n) is 5.07. The van der Waals surface area contributed by atoms with Crippen molar-refractivity contribution in [2.24, 2.45) is 5.10 Å². The van der Waals surface area contributed by atoms with Gasteiger partial charge < -0.3 is 9.64 Å².